The minimum atomic E-state index is 0.584. The van der Waals surface area contributed by atoms with Crippen LogP contribution in [0.5, 0.6) is 0 Å². The molecule has 0 saturated carbocycles. The van der Waals surface area contributed by atoms with Crippen molar-refractivity contribution in [3.63, 3.8) is 0 Å². The highest BCUT2D eigenvalue weighted by atomic mass is 35.5. The molecule has 7 aromatic rings. The van der Waals surface area contributed by atoms with Gasteiger partial charge in [0.05, 0.1) is 11.4 Å². The third-order valence-electron chi connectivity index (χ3n) is 7.99. The zero-order valence-electron chi connectivity index (χ0n) is 23.2. The molecule has 43 heavy (non-hydrogen) atoms. The van der Waals surface area contributed by atoms with E-state index in [2.05, 4.69) is 91.0 Å². The number of benzene rings is 6. The SMILES string of the molecule is Clc1cc(C2=NC(c3ccccc3)=NC(c3cccc(-c4ccccc4)c3)=CC2)c2c(c1)oc1c3ccccc3ccc12. The van der Waals surface area contributed by atoms with E-state index in [-0.39, 0.29) is 0 Å². The minimum Gasteiger partial charge on any atom is -0.455 e. The Balaban J connectivity index is 1.32. The van der Waals surface area contributed by atoms with Gasteiger partial charge in [0, 0.05) is 50.4 Å². The van der Waals surface area contributed by atoms with Gasteiger partial charge in [0.1, 0.15) is 11.2 Å². The largest absolute Gasteiger partial charge is 0.455 e. The summed E-state index contributed by atoms with van der Waals surface area (Å²) in [5, 5.41) is 4.88. The lowest BCUT2D eigenvalue weighted by molar-refractivity contribution is 0.672. The molecular weight excluding hydrogens is 548 g/mol. The fraction of sp³-hybridized carbons (Fsp3) is 0.0256. The number of allylic oxidation sites excluding steroid dienone is 1. The Labute approximate surface area is 254 Å². The van der Waals surface area contributed by atoms with Crippen molar-refractivity contribution in [3.05, 3.63) is 161 Å². The molecule has 4 heteroatoms. The van der Waals surface area contributed by atoms with Crippen LogP contribution < -0.4 is 0 Å². The molecule has 1 aliphatic rings. The van der Waals surface area contributed by atoms with Crippen LogP contribution in [0.4, 0.5) is 0 Å². The maximum atomic E-state index is 6.72. The van der Waals surface area contributed by atoms with E-state index < -0.39 is 0 Å². The molecule has 0 bridgehead atoms. The van der Waals surface area contributed by atoms with Crippen LogP contribution in [-0.2, 0) is 0 Å². The lowest BCUT2D eigenvalue weighted by atomic mass is 9.98. The highest BCUT2D eigenvalue weighted by Gasteiger charge is 2.20. The van der Waals surface area contributed by atoms with Gasteiger partial charge in [-0.15, -0.1) is 0 Å². The van der Waals surface area contributed by atoms with Gasteiger partial charge < -0.3 is 4.42 Å². The van der Waals surface area contributed by atoms with Gasteiger partial charge in [-0.1, -0.05) is 127 Å². The highest BCUT2D eigenvalue weighted by molar-refractivity contribution is 6.34. The quantitative estimate of drug-likeness (QED) is 0.207. The molecule has 6 aromatic carbocycles. The normalized spacial score (nSPS) is 13.6. The first-order valence-electron chi connectivity index (χ1n) is 14.3. The standard InChI is InChI=1S/C39H25ClN2O/c40-30-23-33(37-32-19-18-26-12-7-8-17-31(26)38(32)43-36(37)24-30)35-21-20-34(41-39(42-35)27-13-5-2-6-14-27)29-16-9-15-28(22-29)25-10-3-1-4-11-25/h1-20,22-24H,21H2. The summed E-state index contributed by atoms with van der Waals surface area (Å²) in [6.07, 6.45) is 2.75. The van der Waals surface area contributed by atoms with Crippen LogP contribution in [0.3, 0.4) is 0 Å². The molecule has 0 radical (unpaired) electrons. The minimum absolute atomic E-state index is 0.584. The van der Waals surface area contributed by atoms with Crippen molar-refractivity contribution in [3.8, 4) is 11.1 Å². The summed E-state index contributed by atoms with van der Waals surface area (Å²) in [5.41, 5.74) is 8.65. The fourth-order valence-corrected chi connectivity index (χ4v) is 6.14. The number of furan rings is 1. The first-order chi connectivity index (χ1) is 21.2. The monoisotopic (exact) mass is 572 g/mol. The Morgan fingerprint density at radius 3 is 2.14 bits per heavy atom. The molecule has 0 atom stereocenters. The van der Waals surface area contributed by atoms with Crippen LogP contribution >= 0.6 is 11.6 Å². The zero-order valence-corrected chi connectivity index (χ0v) is 23.9. The number of rotatable bonds is 4. The number of hydrogen-bond acceptors (Lipinski definition) is 3. The molecule has 0 spiro atoms. The number of hydrogen-bond donors (Lipinski definition) is 0. The average Bonchev–Trinajstić information content (AvgIpc) is 3.29. The van der Waals surface area contributed by atoms with Gasteiger partial charge >= 0.3 is 0 Å². The van der Waals surface area contributed by atoms with E-state index in [1.54, 1.807) is 0 Å². The maximum Gasteiger partial charge on any atom is 0.160 e. The van der Waals surface area contributed by atoms with Gasteiger partial charge in [0.2, 0.25) is 0 Å². The number of amidine groups is 1. The molecule has 3 nitrogen and oxygen atoms in total. The van der Waals surface area contributed by atoms with Crippen molar-refractivity contribution in [1.29, 1.82) is 0 Å². The summed E-state index contributed by atoms with van der Waals surface area (Å²) in [5.74, 6) is 0.663. The van der Waals surface area contributed by atoms with Crippen LogP contribution in [0, 0.1) is 0 Å². The number of nitrogens with zero attached hydrogens (tertiary/aromatic N) is 2. The average molecular weight is 573 g/mol. The van der Waals surface area contributed by atoms with E-state index in [9.17, 15) is 0 Å². The Hall–Kier alpha value is -5.25. The van der Waals surface area contributed by atoms with Crippen LogP contribution in [-0.4, -0.2) is 11.5 Å². The summed E-state index contributed by atoms with van der Waals surface area (Å²) in [4.78, 5) is 10.4. The first kappa shape index (κ1) is 25.5. The lowest BCUT2D eigenvalue weighted by Gasteiger charge is -2.08. The van der Waals surface area contributed by atoms with Gasteiger partial charge in [-0.2, -0.15) is 0 Å². The third-order valence-corrected chi connectivity index (χ3v) is 8.21. The number of halogens is 1. The second kappa shape index (κ2) is 10.5. The molecule has 0 saturated heterocycles. The molecule has 1 aromatic heterocycles. The lowest BCUT2D eigenvalue weighted by Crippen LogP contribution is -2.05. The Bertz CT molecular complexity index is 2260. The highest BCUT2D eigenvalue weighted by Crippen LogP contribution is 2.38. The van der Waals surface area contributed by atoms with E-state index in [0.29, 0.717) is 17.3 Å². The molecule has 2 heterocycles. The van der Waals surface area contributed by atoms with Crippen molar-refractivity contribution in [2.75, 3.05) is 0 Å². The summed E-state index contributed by atoms with van der Waals surface area (Å²) in [7, 11) is 0. The van der Waals surface area contributed by atoms with Crippen molar-refractivity contribution in [2.24, 2.45) is 9.98 Å². The summed E-state index contributed by atoms with van der Waals surface area (Å²) < 4.78 is 6.48. The Morgan fingerprint density at radius 1 is 0.581 bits per heavy atom. The second-order valence-corrected chi connectivity index (χ2v) is 11.1. The number of fused-ring (bicyclic) bond motifs is 5. The molecule has 0 amide bonds. The van der Waals surface area contributed by atoms with Crippen molar-refractivity contribution in [1.82, 2.24) is 0 Å². The van der Waals surface area contributed by atoms with E-state index in [1.807, 2.05) is 48.5 Å². The fourth-order valence-electron chi connectivity index (χ4n) is 5.94. The van der Waals surface area contributed by atoms with Crippen LogP contribution in [0.2, 0.25) is 5.02 Å². The van der Waals surface area contributed by atoms with Gasteiger partial charge in [-0.05, 0) is 34.7 Å². The first-order valence-corrected chi connectivity index (χ1v) is 14.7. The topological polar surface area (TPSA) is 37.9 Å². The van der Waals surface area contributed by atoms with Crippen molar-refractivity contribution >= 4 is 61.6 Å². The van der Waals surface area contributed by atoms with Crippen molar-refractivity contribution < 1.29 is 4.42 Å². The maximum absolute atomic E-state index is 6.72. The molecule has 8 rings (SSSR count). The summed E-state index contributed by atoms with van der Waals surface area (Å²) in [6, 6.07) is 45.6. The third kappa shape index (κ3) is 4.64. The predicted octanol–water partition coefficient (Wildman–Crippen LogP) is 10.7. The molecule has 1 aliphatic heterocycles. The van der Waals surface area contributed by atoms with E-state index in [1.165, 1.54) is 5.56 Å². The van der Waals surface area contributed by atoms with Gasteiger partial charge in [0.25, 0.3) is 0 Å². The zero-order chi connectivity index (χ0) is 28.8. The van der Waals surface area contributed by atoms with E-state index in [4.69, 9.17) is 26.0 Å². The van der Waals surface area contributed by atoms with Crippen LogP contribution in [0.25, 0.3) is 49.5 Å². The van der Waals surface area contributed by atoms with Crippen LogP contribution in [0.1, 0.15) is 23.1 Å². The smallest absolute Gasteiger partial charge is 0.160 e. The second-order valence-electron chi connectivity index (χ2n) is 10.7. The predicted molar refractivity (Wildman–Crippen MR) is 180 cm³/mol. The summed E-state index contributed by atoms with van der Waals surface area (Å²) in [6.45, 7) is 0. The van der Waals surface area contributed by atoms with E-state index >= 15 is 0 Å². The van der Waals surface area contributed by atoms with Crippen molar-refractivity contribution in [2.45, 2.75) is 6.42 Å². The van der Waals surface area contributed by atoms with Gasteiger partial charge in [-0.25, -0.2) is 9.98 Å². The Morgan fingerprint density at radius 2 is 1.30 bits per heavy atom. The van der Waals surface area contributed by atoms with Gasteiger partial charge in [-0.3, -0.25) is 0 Å². The van der Waals surface area contributed by atoms with Gasteiger partial charge in [0.15, 0.2) is 5.84 Å². The number of aliphatic imine (C=N–C) groups is 2. The van der Waals surface area contributed by atoms with E-state index in [0.717, 1.165) is 66.4 Å². The molecule has 0 N–H and O–H groups in total. The van der Waals surface area contributed by atoms with Crippen LogP contribution in [0.15, 0.2) is 154 Å². The summed E-state index contributed by atoms with van der Waals surface area (Å²) >= 11 is 6.72. The molecule has 204 valence electrons. The molecule has 0 fully saturated rings. The molecule has 0 aliphatic carbocycles. The Kier molecular flexibility index (Phi) is 6.24. The molecular formula is C39H25ClN2O. The molecule has 0 unspecified atom stereocenters.